The number of methoxy groups -OCH3 is 1. The van der Waals surface area contributed by atoms with Crippen LogP contribution in [0.3, 0.4) is 0 Å². The SMILES string of the molecule is CCOc1cc(NC(CCN)COC)nc(C)n1. The van der Waals surface area contributed by atoms with Crippen LogP contribution in [0, 0.1) is 6.92 Å². The second kappa shape index (κ2) is 7.84. The van der Waals surface area contributed by atoms with Gasteiger partial charge in [0.2, 0.25) is 5.88 Å². The first-order chi connectivity index (χ1) is 8.69. The highest BCUT2D eigenvalue weighted by Crippen LogP contribution is 2.14. The molecule has 1 rings (SSSR count). The molecule has 1 aromatic rings. The van der Waals surface area contributed by atoms with Gasteiger partial charge in [-0.25, -0.2) is 4.98 Å². The number of nitrogens with zero attached hydrogens (tertiary/aromatic N) is 2. The van der Waals surface area contributed by atoms with E-state index in [1.54, 1.807) is 13.2 Å². The number of nitrogens with one attached hydrogen (secondary N) is 1. The van der Waals surface area contributed by atoms with E-state index in [1.807, 2.05) is 13.8 Å². The lowest BCUT2D eigenvalue weighted by Gasteiger charge is -2.18. The zero-order valence-electron chi connectivity index (χ0n) is 11.3. The Kier molecular flexibility index (Phi) is 6.38. The molecule has 0 aliphatic carbocycles. The van der Waals surface area contributed by atoms with E-state index in [4.69, 9.17) is 15.2 Å². The van der Waals surface area contributed by atoms with E-state index >= 15 is 0 Å². The van der Waals surface area contributed by atoms with Crippen molar-refractivity contribution >= 4 is 5.82 Å². The number of anilines is 1. The first kappa shape index (κ1) is 14.7. The second-order valence-electron chi connectivity index (χ2n) is 3.95. The van der Waals surface area contributed by atoms with Gasteiger partial charge in [0.25, 0.3) is 0 Å². The molecule has 1 unspecified atom stereocenters. The summed E-state index contributed by atoms with van der Waals surface area (Å²) in [5.74, 6) is 1.99. The van der Waals surface area contributed by atoms with Crippen molar-refractivity contribution in [1.29, 1.82) is 0 Å². The summed E-state index contributed by atoms with van der Waals surface area (Å²) in [7, 11) is 1.67. The van der Waals surface area contributed by atoms with Crippen LogP contribution in [0.1, 0.15) is 19.2 Å². The van der Waals surface area contributed by atoms with E-state index in [2.05, 4.69) is 15.3 Å². The number of ether oxygens (including phenoxy) is 2. The van der Waals surface area contributed by atoms with Gasteiger partial charge in [-0.15, -0.1) is 0 Å². The van der Waals surface area contributed by atoms with E-state index in [0.29, 0.717) is 31.5 Å². The third-order valence-corrected chi connectivity index (χ3v) is 2.34. The minimum atomic E-state index is 0.142. The molecule has 0 aliphatic heterocycles. The number of hydrogen-bond donors (Lipinski definition) is 2. The Morgan fingerprint density at radius 2 is 2.22 bits per heavy atom. The zero-order valence-corrected chi connectivity index (χ0v) is 11.3. The summed E-state index contributed by atoms with van der Waals surface area (Å²) < 4.78 is 10.5. The van der Waals surface area contributed by atoms with E-state index in [9.17, 15) is 0 Å². The average molecular weight is 254 g/mol. The van der Waals surface area contributed by atoms with Crippen LogP contribution >= 0.6 is 0 Å². The molecule has 18 heavy (non-hydrogen) atoms. The minimum absolute atomic E-state index is 0.142. The molecule has 0 saturated carbocycles. The molecule has 1 heterocycles. The predicted molar refractivity (Wildman–Crippen MR) is 70.9 cm³/mol. The highest BCUT2D eigenvalue weighted by Gasteiger charge is 2.10. The maximum Gasteiger partial charge on any atom is 0.218 e. The molecule has 6 nitrogen and oxygen atoms in total. The third-order valence-electron chi connectivity index (χ3n) is 2.34. The van der Waals surface area contributed by atoms with Crippen molar-refractivity contribution in [3.05, 3.63) is 11.9 Å². The molecule has 0 bridgehead atoms. The largest absolute Gasteiger partial charge is 0.478 e. The molecule has 1 atom stereocenters. The van der Waals surface area contributed by atoms with Crippen molar-refractivity contribution < 1.29 is 9.47 Å². The van der Waals surface area contributed by atoms with E-state index in [1.165, 1.54) is 0 Å². The molecule has 3 N–H and O–H groups in total. The summed E-state index contributed by atoms with van der Waals surface area (Å²) in [5.41, 5.74) is 5.57. The van der Waals surface area contributed by atoms with Crippen molar-refractivity contribution in [1.82, 2.24) is 9.97 Å². The zero-order chi connectivity index (χ0) is 13.4. The Morgan fingerprint density at radius 3 is 2.83 bits per heavy atom. The van der Waals surface area contributed by atoms with Crippen LogP contribution in [0.4, 0.5) is 5.82 Å². The van der Waals surface area contributed by atoms with Crippen molar-refractivity contribution in [2.24, 2.45) is 5.73 Å². The van der Waals surface area contributed by atoms with E-state index < -0.39 is 0 Å². The second-order valence-corrected chi connectivity index (χ2v) is 3.95. The summed E-state index contributed by atoms with van der Waals surface area (Å²) >= 11 is 0. The Hall–Kier alpha value is -1.40. The third kappa shape index (κ3) is 4.85. The maximum absolute atomic E-state index is 5.57. The van der Waals surface area contributed by atoms with Gasteiger partial charge in [0.15, 0.2) is 0 Å². The minimum Gasteiger partial charge on any atom is -0.478 e. The maximum atomic E-state index is 5.57. The molecule has 1 aromatic heterocycles. The predicted octanol–water partition coefficient (Wildman–Crippen LogP) is 0.959. The molecule has 0 amide bonds. The molecule has 0 aliphatic rings. The summed E-state index contributed by atoms with van der Waals surface area (Å²) in [6, 6.07) is 1.93. The van der Waals surface area contributed by atoms with Crippen molar-refractivity contribution in [2.45, 2.75) is 26.3 Å². The van der Waals surface area contributed by atoms with Gasteiger partial charge in [-0.3, -0.25) is 0 Å². The lowest BCUT2D eigenvalue weighted by atomic mass is 10.2. The molecule has 0 aromatic carbocycles. The highest BCUT2D eigenvalue weighted by atomic mass is 16.5. The average Bonchev–Trinajstić information content (AvgIpc) is 2.29. The summed E-state index contributed by atoms with van der Waals surface area (Å²) in [6.45, 7) is 5.53. The molecule has 0 fully saturated rings. The van der Waals surface area contributed by atoms with Gasteiger partial charge < -0.3 is 20.5 Å². The van der Waals surface area contributed by atoms with Crippen molar-refractivity contribution in [3.63, 3.8) is 0 Å². The van der Waals surface area contributed by atoms with E-state index in [-0.39, 0.29) is 6.04 Å². The fraction of sp³-hybridized carbons (Fsp3) is 0.667. The van der Waals surface area contributed by atoms with Crippen LogP contribution in [0.2, 0.25) is 0 Å². The fourth-order valence-corrected chi connectivity index (χ4v) is 1.64. The van der Waals surface area contributed by atoms with Gasteiger partial charge in [-0.2, -0.15) is 4.98 Å². The molecular weight excluding hydrogens is 232 g/mol. The molecule has 6 heteroatoms. The number of aromatic nitrogens is 2. The number of hydrogen-bond acceptors (Lipinski definition) is 6. The molecule has 102 valence electrons. The lowest BCUT2D eigenvalue weighted by Crippen LogP contribution is -2.28. The van der Waals surface area contributed by atoms with Crippen LogP contribution < -0.4 is 15.8 Å². The Morgan fingerprint density at radius 1 is 1.44 bits per heavy atom. The van der Waals surface area contributed by atoms with Crippen molar-refractivity contribution in [3.8, 4) is 5.88 Å². The Bertz CT molecular complexity index is 354. The normalized spacial score (nSPS) is 12.2. The van der Waals surface area contributed by atoms with Gasteiger partial charge in [0.05, 0.1) is 19.3 Å². The topological polar surface area (TPSA) is 82.3 Å². The molecule has 0 radical (unpaired) electrons. The summed E-state index contributed by atoms with van der Waals surface area (Å²) in [5, 5.41) is 3.28. The standard InChI is InChI=1S/C12H22N4O2/c1-4-18-12-7-11(14-9(2)15-12)16-10(5-6-13)8-17-3/h7,10H,4-6,8,13H2,1-3H3,(H,14,15,16). The molecule has 0 saturated heterocycles. The van der Waals surface area contributed by atoms with Gasteiger partial charge in [0.1, 0.15) is 11.6 Å². The van der Waals surface area contributed by atoms with Gasteiger partial charge in [0, 0.05) is 13.2 Å². The Labute approximate surface area is 108 Å². The number of aryl methyl sites for hydroxylation is 1. The fourth-order valence-electron chi connectivity index (χ4n) is 1.64. The number of nitrogens with two attached hydrogens (primary N) is 1. The van der Waals surface area contributed by atoms with E-state index in [0.717, 1.165) is 12.2 Å². The van der Waals surface area contributed by atoms with Crippen LogP contribution in [-0.4, -0.2) is 42.9 Å². The first-order valence-electron chi connectivity index (χ1n) is 6.13. The monoisotopic (exact) mass is 254 g/mol. The van der Waals surface area contributed by atoms with Gasteiger partial charge in [-0.1, -0.05) is 0 Å². The molecule has 0 spiro atoms. The molecular formula is C12H22N4O2. The van der Waals surface area contributed by atoms with Crippen LogP contribution in [0.5, 0.6) is 5.88 Å². The summed E-state index contributed by atoms with van der Waals surface area (Å²) in [6.07, 6.45) is 0.820. The first-order valence-corrected chi connectivity index (χ1v) is 6.13. The van der Waals surface area contributed by atoms with Gasteiger partial charge >= 0.3 is 0 Å². The lowest BCUT2D eigenvalue weighted by molar-refractivity contribution is 0.183. The summed E-state index contributed by atoms with van der Waals surface area (Å²) in [4.78, 5) is 8.52. The number of rotatable bonds is 8. The van der Waals surface area contributed by atoms with Crippen LogP contribution in [0.15, 0.2) is 6.07 Å². The Balaban J connectivity index is 2.74. The highest BCUT2D eigenvalue weighted by molar-refractivity contribution is 5.39. The van der Waals surface area contributed by atoms with Crippen LogP contribution in [0.25, 0.3) is 0 Å². The quantitative estimate of drug-likeness (QED) is 0.719. The van der Waals surface area contributed by atoms with Crippen molar-refractivity contribution in [2.75, 3.05) is 32.2 Å². The van der Waals surface area contributed by atoms with Crippen LogP contribution in [-0.2, 0) is 4.74 Å². The smallest absolute Gasteiger partial charge is 0.218 e. The van der Waals surface area contributed by atoms with Gasteiger partial charge in [-0.05, 0) is 26.8 Å².